The normalized spacial score (nSPS) is 12.1. The van der Waals surface area contributed by atoms with Crippen LogP contribution in [0.3, 0.4) is 0 Å². The average Bonchev–Trinajstić information content (AvgIpc) is 3.16. The van der Waals surface area contributed by atoms with E-state index in [1.165, 1.54) is 161 Å². The maximum Gasteiger partial charge on any atom is 0.306 e. The molecular weight excluding hydrogens is 697 g/mol. The van der Waals surface area contributed by atoms with Gasteiger partial charge in [0.2, 0.25) is 0 Å². The van der Waals surface area contributed by atoms with Crippen molar-refractivity contribution in [1.29, 1.82) is 0 Å². The lowest BCUT2D eigenvalue weighted by Gasteiger charge is -2.18. The molecule has 6 heteroatoms. The molecule has 0 N–H and O–H groups in total. The molecule has 0 unspecified atom stereocenters. The zero-order valence-corrected chi connectivity index (χ0v) is 38.3. The molecule has 0 heterocycles. The van der Waals surface area contributed by atoms with Gasteiger partial charge in [-0.2, -0.15) is 0 Å². The quantitative estimate of drug-likeness (QED) is 0.0347. The number of hydrogen-bond acceptors (Lipinski definition) is 6. The second-order valence-electron chi connectivity index (χ2n) is 18.1. The van der Waals surface area contributed by atoms with Gasteiger partial charge in [-0.15, -0.1) is 0 Å². The van der Waals surface area contributed by atoms with Gasteiger partial charge < -0.3 is 14.2 Å². The van der Waals surface area contributed by atoms with E-state index in [0.29, 0.717) is 19.3 Å². The number of unbranched alkanes of at least 4 members (excludes halogenated alkanes) is 29. The Hall–Kier alpha value is -1.59. The van der Waals surface area contributed by atoms with Crippen molar-refractivity contribution in [2.45, 2.75) is 278 Å². The molecular formula is C50H96O6. The first-order valence-corrected chi connectivity index (χ1v) is 24.7. The summed E-state index contributed by atoms with van der Waals surface area (Å²) in [6.07, 6.45) is 42.3. The van der Waals surface area contributed by atoms with Gasteiger partial charge in [0.1, 0.15) is 13.2 Å². The molecule has 0 aliphatic heterocycles. The maximum absolute atomic E-state index is 12.8. The van der Waals surface area contributed by atoms with Crippen LogP contribution >= 0.6 is 0 Å². The molecule has 56 heavy (non-hydrogen) atoms. The Labute approximate surface area is 348 Å². The van der Waals surface area contributed by atoms with Gasteiger partial charge in [-0.3, -0.25) is 14.4 Å². The summed E-state index contributed by atoms with van der Waals surface area (Å²) in [6.45, 7) is 11.3. The molecule has 0 spiro atoms. The third-order valence-corrected chi connectivity index (χ3v) is 11.2. The van der Waals surface area contributed by atoms with Gasteiger partial charge >= 0.3 is 17.9 Å². The van der Waals surface area contributed by atoms with E-state index in [4.69, 9.17) is 14.2 Å². The number of rotatable bonds is 44. The van der Waals surface area contributed by atoms with Crippen molar-refractivity contribution in [3.63, 3.8) is 0 Å². The molecule has 0 bridgehead atoms. The minimum Gasteiger partial charge on any atom is -0.462 e. The maximum atomic E-state index is 12.8. The third-order valence-electron chi connectivity index (χ3n) is 11.2. The van der Waals surface area contributed by atoms with Crippen molar-refractivity contribution in [3.8, 4) is 0 Å². The number of hydrogen-bond donors (Lipinski definition) is 0. The highest BCUT2D eigenvalue weighted by molar-refractivity contribution is 5.71. The van der Waals surface area contributed by atoms with Crippen LogP contribution < -0.4 is 0 Å². The predicted molar refractivity (Wildman–Crippen MR) is 238 cm³/mol. The molecule has 0 rings (SSSR count). The van der Waals surface area contributed by atoms with Gasteiger partial charge in [-0.25, -0.2) is 0 Å². The Morgan fingerprint density at radius 1 is 0.339 bits per heavy atom. The Bertz CT molecular complexity index is 854. The molecule has 0 radical (unpaired) electrons. The van der Waals surface area contributed by atoms with Crippen LogP contribution in [0.2, 0.25) is 0 Å². The van der Waals surface area contributed by atoms with Crippen molar-refractivity contribution in [3.05, 3.63) is 0 Å². The van der Waals surface area contributed by atoms with E-state index >= 15 is 0 Å². The minimum atomic E-state index is -0.761. The third kappa shape index (κ3) is 43.5. The second-order valence-corrected chi connectivity index (χ2v) is 18.1. The van der Waals surface area contributed by atoms with Crippen molar-refractivity contribution < 1.29 is 28.6 Å². The second kappa shape index (κ2) is 43.0. The average molecular weight is 793 g/mol. The number of carbonyl (C=O) groups is 3. The van der Waals surface area contributed by atoms with E-state index in [0.717, 1.165) is 69.6 Å². The van der Waals surface area contributed by atoms with Crippen LogP contribution in [0.1, 0.15) is 272 Å². The smallest absolute Gasteiger partial charge is 0.306 e. The molecule has 0 fully saturated rings. The van der Waals surface area contributed by atoms with Crippen LogP contribution in [0.4, 0.5) is 0 Å². The summed E-state index contributed by atoms with van der Waals surface area (Å²) >= 11 is 0. The van der Waals surface area contributed by atoms with Crippen molar-refractivity contribution in [2.24, 2.45) is 11.8 Å². The minimum absolute atomic E-state index is 0.0643. The first-order valence-electron chi connectivity index (χ1n) is 24.7. The van der Waals surface area contributed by atoms with E-state index in [-0.39, 0.29) is 31.1 Å². The van der Waals surface area contributed by atoms with E-state index in [1.54, 1.807) is 0 Å². The monoisotopic (exact) mass is 793 g/mol. The Balaban J connectivity index is 4.33. The first-order chi connectivity index (χ1) is 27.2. The van der Waals surface area contributed by atoms with Gasteiger partial charge in [0.15, 0.2) is 6.10 Å². The lowest BCUT2D eigenvalue weighted by Crippen LogP contribution is -2.30. The summed E-state index contributed by atoms with van der Waals surface area (Å²) in [5, 5.41) is 0. The highest BCUT2D eigenvalue weighted by atomic mass is 16.6. The highest BCUT2D eigenvalue weighted by Crippen LogP contribution is 2.17. The fourth-order valence-corrected chi connectivity index (χ4v) is 7.46. The lowest BCUT2D eigenvalue weighted by molar-refractivity contribution is -0.167. The van der Waals surface area contributed by atoms with Gasteiger partial charge in [-0.05, 0) is 31.1 Å². The van der Waals surface area contributed by atoms with Crippen LogP contribution in [-0.4, -0.2) is 37.2 Å². The fraction of sp³-hybridized carbons (Fsp3) is 0.940. The summed E-state index contributed by atoms with van der Waals surface area (Å²) in [7, 11) is 0. The molecule has 0 aromatic rings. The molecule has 0 aliphatic rings. The molecule has 0 saturated carbocycles. The molecule has 0 saturated heterocycles. The molecule has 332 valence electrons. The fourth-order valence-electron chi connectivity index (χ4n) is 7.46. The molecule has 0 amide bonds. The van der Waals surface area contributed by atoms with Crippen LogP contribution in [0.5, 0.6) is 0 Å². The predicted octanol–water partition coefficient (Wildman–Crippen LogP) is 15.8. The SMILES string of the molecule is CCCCCCCCCCCCCCCC(=O)OC[C@@H](COC(=O)CCCCCCCCCCC(C)C)OC(=O)CCCCCCCCCCCCCC(C)C. The summed E-state index contributed by atoms with van der Waals surface area (Å²) < 4.78 is 16.8. The van der Waals surface area contributed by atoms with Crippen LogP contribution in [0, 0.1) is 11.8 Å². The van der Waals surface area contributed by atoms with E-state index < -0.39 is 6.10 Å². The Kier molecular flexibility index (Phi) is 41.8. The number of carbonyl (C=O) groups excluding carboxylic acids is 3. The molecule has 0 aliphatic carbocycles. The zero-order valence-electron chi connectivity index (χ0n) is 38.3. The molecule has 0 aromatic carbocycles. The van der Waals surface area contributed by atoms with Crippen molar-refractivity contribution >= 4 is 17.9 Å². The van der Waals surface area contributed by atoms with E-state index in [1.807, 2.05) is 0 Å². The largest absolute Gasteiger partial charge is 0.462 e. The van der Waals surface area contributed by atoms with Crippen molar-refractivity contribution in [2.75, 3.05) is 13.2 Å². The van der Waals surface area contributed by atoms with Crippen molar-refractivity contribution in [1.82, 2.24) is 0 Å². The Morgan fingerprint density at radius 2 is 0.589 bits per heavy atom. The summed E-state index contributed by atoms with van der Waals surface area (Å²) in [4.78, 5) is 37.8. The van der Waals surface area contributed by atoms with Gasteiger partial charge in [0.05, 0.1) is 0 Å². The lowest BCUT2D eigenvalue weighted by atomic mass is 10.0. The van der Waals surface area contributed by atoms with E-state index in [2.05, 4.69) is 34.6 Å². The molecule has 0 aromatic heterocycles. The zero-order chi connectivity index (χ0) is 41.2. The molecule has 1 atom stereocenters. The Morgan fingerprint density at radius 3 is 0.875 bits per heavy atom. The van der Waals surface area contributed by atoms with Gasteiger partial charge in [0.25, 0.3) is 0 Å². The highest BCUT2D eigenvalue weighted by Gasteiger charge is 2.19. The first kappa shape index (κ1) is 54.4. The van der Waals surface area contributed by atoms with Crippen LogP contribution in [-0.2, 0) is 28.6 Å². The molecule has 6 nitrogen and oxygen atoms in total. The van der Waals surface area contributed by atoms with Gasteiger partial charge in [0, 0.05) is 19.3 Å². The topological polar surface area (TPSA) is 78.9 Å². The van der Waals surface area contributed by atoms with Crippen LogP contribution in [0.25, 0.3) is 0 Å². The number of ether oxygens (including phenoxy) is 3. The number of esters is 3. The summed E-state index contributed by atoms with van der Waals surface area (Å²) in [5.74, 6) is 0.768. The van der Waals surface area contributed by atoms with E-state index in [9.17, 15) is 14.4 Å². The van der Waals surface area contributed by atoms with Crippen LogP contribution in [0.15, 0.2) is 0 Å². The summed E-state index contributed by atoms with van der Waals surface area (Å²) in [5.41, 5.74) is 0. The standard InChI is InChI=1S/C50H96O6/c1-6-7-8-9-10-11-12-13-16-19-25-30-35-40-48(51)54-43-47(44-55-49(52)41-36-31-26-22-21-24-29-34-39-46(4)5)56-50(53)42-37-32-27-20-17-14-15-18-23-28-33-38-45(2)3/h45-47H,6-44H2,1-5H3/t47-/m0/s1. The van der Waals surface area contributed by atoms with Gasteiger partial charge in [-0.1, -0.05) is 234 Å². The summed E-state index contributed by atoms with van der Waals surface area (Å²) in [6, 6.07) is 0.